The molecule has 0 aliphatic heterocycles. The average molecular weight is 285 g/mol. The van der Waals surface area contributed by atoms with Crippen molar-refractivity contribution in [3.05, 3.63) is 29.3 Å². The number of benzene rings is 1. The predicted octanol–water partition coefficient (Wildman–Crippen LogP) is 1.93. The fraction of sp³-hybridized carbons (Fsp3) is 0.462. The molecule has 0 aromatic heterocycles. The summed E-state index contributed by atoms with van der Waals surface area (Å²) in [5.74, 6) is -1.15. The van der Waals surface area contributed by atoms with Crippen LogP contribution >= 0.6 is 0 Å². The zero-order valence-corrected chi connectivity index (χ0v) is 12.2. The molecule has 0 heterocycles. The van der Waals surface area contributed by atoms with Crippen LogP contribution < -0.4 is 4.31 Å². The summed E-state index contributed by atoms with van der Waals surface area (Å²) >= 11 is 0. The van der Waals surface area contributed by atoms with Gasteiger partial charge in [-0.1, -0.05) is 6.07 Å². The monoisotopic (exact) mass is 285 g/mol. The first kappa shape index (κ1) is 15.5. The standard InChI is InChI=1S/C13H19NO4S/c1-10-7-11(2)9-12(8-10)14(3)19(17,18)6-4-5-13(15)16/h7-9H,4-6H2,1-3H3,(H,15,16). The van der Waals surface area contributed by atoms with Crippen molar-refractivity contribution >= 4 is 21.7 Å². The van der Waals surface area contributed by atoms with E-state index in [4.69, 9.17) is 5.11 Å². The van der Waals surface area contributed by atoms with E-state index in [0.29, 0.717) is 5.69 Å². The Bertz CT molecular complexity index is 546. The van der Waals surface area contributed by atoms with Gasteiger partial charge < -0.3 is 5.11 Å². The molecule has 0 radical (unpaired) electrons. The van der Waals surface area contributed by atoms with E-state index in [-0.39, 0.29) is 18.6 Å². The summed E-state index contributed by atoms with van der Waals surface area (Å²) in [5, 5.41) is 8.53. The summed E-state index contributed by atoms with van der Waals surface area (Å²) in [7, 11) is -1.98. The van der Waals surface area contributed by atoms with Crippen LogP contribution in [0.25, 0.3) is 0 Å². The second-order valence-corrected chi connectivity index (χ2v) is 6.75. The molecule has 6 heteroatoms. The molecule has 0 fully saturated rings. The number of anilines is 1. The van der Waals surface area contributed by atoms with Crippen LogP contribution in [-0.4, -0.2) is 32.3 Å². The van der Waals surface area contributed by atoms with Crippen LogP contribution in [0.3, 0.4) is 0 Å². The van der Waals surface area contributed by atoms with Crippen molar-refractivity contribution < 1.29 is 18.3 Å². The lowest BCUT2D eigenvalue weighted by Gasteiger charge is -2.20. The number of carbonyl (C=O) groups is 1. The topological polar surface area (TPSA) is 74.7 Å². The van der Waals surface area contributed by atoms with E-state index < -0.39 is 16.0 Å². The van der Waals surface area contributed by atoms with Crippen LogP contribution in [0, 0.1) is 13.8 Å². The minimum absolute atomic E-state index is 0.118. The van der Waals surface area contributed by atoms with E-state index in [1.165, 1.54) is 11.4 Å². The lowest BCUT2D eigenvalue weighted by Crippen LogP contribution is -2.29. The van der Waals surface area contributed by atoms with Gasteiger partial charge in [0.1, 0.15) is 0 Å². The van der Waals surface area contributed by atoms with Crippen molar-refractivity contribution in [2.75, 3.05) is 17.1 Å². The molecule has 1 rings (SSSR count). The first-order valence-corrected chi connectivity index (χ1v) is 7.60. The second kappa shape index (κ2) is 6.06. The Labute approximate surface area is 113 Å². The Morgan fingerprint density at radius 2 is 1.74 bits per heavy atom. The van der Waals surface area contributed by atoms with Crippen molar-refractivity contribution in [2.45, 2.75) is 26.7 Å². The number of nitrogens with zero attached hydrogens (tertiary/aromatic N) is 1. The van der Waals surface area contributed by atoms with Gasteiger partial charge in [0.05, 0.1) is 11.4 Å². The molecule has 0 amide bonds. The van der Waals surface area contributed by atoms with Gasteiger partial charge in [0.25, 0.3) is 0 Å². The van der Waals surface area contributed by atoms with Crippen molar-refractivity contribution in [2.24, 2.45) is 0 Å². The summed E-state index contributed by atoms with van der Waals surface area (Å²) < 4.78 is 25.4. The van der Waals surface area contributed by atoms with Crippen molar-refractivity contribution in [3.8, 4) is 0 Å². The van der Waals surface area contributed by atoms with Gasteiger partial charge in [0.2, 0.25) is 10.0 Å². The molecule has 5 nitrogen and oxygen atoms in total. The molecular formula is C13H19NO4S. The van der Waals surface area contributed by atoms with E-state index in [9.17, 15) is 13.2 Å². The number of hydrogen-bond donors (Lipinski definition) is 1. The fourth-order valence-electron chi connectivity index (χ4n) is 1.84. The largest absolute Gasteiger partial charge is 0.481 e. The summed E-state index contributed by atoms with van der Waals surface area (Å²) in [6, 6.07) is 5.55. The molecule has 1 N–H and O–H groups in total. The molecule has 0 unspecified atom stereocenters. The number of sulfonamides is 1. The third-order valence-electron chi connectivity index (χ3n) is 2.78. The molecule has 1 aromatic rings. The minimum Gasteiger partial charge on any atom is -0.481 e. The van der Waals surface area contributed by atoms with Gasteiger partial charge in [-0.15, -0.1) is 0 Å². The third-order valence-corrected chi connectivity index (χ3v) is 4.63. The minimum atomic E-state index is -3.47. The Hall–Kier alpha value is -1.56. The van der Waals surface area contributed by atoms with Crippen LogP contribution in [0.4, 0.5) is 5.69 Å². The van der Waals surface area contributed by atoms with E-state index in [1.54, 1.807) is 12.1 Å². The molecule has 0 spiro atoms. The van der Waals surface area contributed by atoms with Crippen LogP contribution in [-0.2, 0) is 14.8 Å². The van der Waals surface area contributed by atoms with E-state index in [2.05, 4.69) is 0 Å². The normalized spacial score (nSPS) is 11.3. The van der Waals surface area contributed by atoms with Crippen LogP contribution in [0.5, 0.6) is 0 Å². The molecule has 0 saturated heterocycles. The van der Waals surface area contributed by atoms with Gasteiger partial charge >= 0.3 is 5.97 Å². The molecule has 106 valence electrons. The smallest absolute Gasteiger partial charge is 0.303 e. The zero-order valence-electron chi connectivity index (χ0n) is 11.4. The Balaban J connectivity index is 2.85. The highest BCUT2D eigenvalue weighted by Crippen LogP contribution is 2.20. The highest BCUT2D eigenvalue weighted by atomic mass is 32.2. The van der Waals surface area contributed by atoms with Gasteiger partial charge in [0.15, 0.2) is 0 Å². The van der Waals surface area contributed by atoms with Gasteiger partial charge in [-0.2, -0.15) is 0 Å². The number of rotatable bonds is 6. The highest BCUT2D eigenvalue weighted by molar-refractivity contribution is 7.92. The van der Waals surface area contributed by atoms with Gasteiger partial charge in [-0.25, -0.2) is 8.42 Å². The molecular weight excluding hydrogens is 266 g/mol. The molecule has 0 aliphatic rings. The average Bonchev–Trinajstić information content (AvgIpc) is 2.25. The fourth-order valence-corrected chi connectivity index (χ4v) is 3.05. The van der Waals surface area contributed by atoms with Crippen molar-refractivity contribution in [1.82, 2.24) is 0 Å². The molecule has 1 aromatic carbocycles. The maximum Gasteiger partial charge on any atom is 0.303 e. The first-order chi connectivity index (χ1) is 8.72. The molecule has 0 atom stereocenters. The van der Waals surface area contributed by atoms with Crippen molar-refractivity contribution in [1.29, 1.82) is 0 Å². The summed E-state index contributed by atoms with van der Waals surface area (Å²) in [6.07, 6.45) is -0.0211. The maximum absolute atomic E-state index is 12.1. The van der Waals surface area contributed by atoms with Crippen molar-refractivity contribution in [3.63, 3.8) is 0 Å². The Kier molecular flexibility index (Phi) is 4.94. The van der Waals surface area contributed by atoms with E-state index in [0.717, 1.165) is 11.1 Å². The quantitative estimate of drug-likeness (QED) is 0.866. The van der Waals surface area contributed by atoms with Gasteiger partial charge in [0, 0.05) is 13.5 Å². The summed E-state index contributed by atoms with van der Waals surface area (Å²) in [4.78, 5) is 10.4. The molecule has 0 saturated carbocycles. The number of aryl methyl sites for hydroxylation is 2. The maximum atomic E-state index is 12.1. The Morgan fingerprint density at radius 1 is 1.21 bits per heavy atom. The lowest BCUT2D eigenvalue weighted by molar-refractivity contribution is -0.137. The second-order valence-electron chi connectivity index (χ2n) is 4.63. The predicted molar refractivity (Wildman–Crippen MR) is 75.0 cm³/mol. The summed E-state index contributed by atoms with van der Waals surface area (Å²) in [5.41, 5.74) is 2.58. The van der Waals surface area contributed by atoms with Crippen LogP contribution in [0.15, 0.2) is 18.2 Å². The van der Waals surface area contributed by atoms with E-state index >= 15 is 0 Å². The molecule has 19 heavy (non-hydrogen) atoms. The number of aliphatic carboxylic acids is 1. The number of carboxylic acid groups (broad SMARTS) is 1. The SMILES string of the molecule is Cc1cc(C)cc(N(C)S(=O)(=O)CCCC(=O)O)c1. The highest BCUT2D eigenvalue weighted by Gasteiger charge is 2.19. The van der Waals surface area contributed by atoms with Gasteiger partial charge in [-0.3, -0.25) is 9.10 Å². The van der Waals surface area contributed by atoms with E-state index in [1.807, 2.05) is 19.9 Å². The number of carboxylic acids is 1. The Morgan fingerprint density at radius 3 is 2.21 bits per heavy atom. The molecule has 0 bridgehead atoms. The first-order valence-electron chi connectivity index (χ1n) is 5.99. The van der Waals surface area contributed by atoms with Gasteiger partial charge in [-0.05, 0) is 43.5 Å². The lowest BCUT2D eigenvalue weighted by atomic mass is 10.1. The zero-order chi connectivity index (χ0) is 14.6. The number of hydrogen-bond acceptors (Lipinski definition) is 3. The summed E-state index contributed by atoms with van der Waals surface area (Å²) in [6.45, 7) is 3.81. The van der Waals surface area contributed by atoms with Crippen LogP contribution in [0.2, 0.25) is 0 Å². The van der Waals surface area contributed by atoms with Crippen LogP contribution in [0.1, 0.15) is 24.0 Å². The molecule has 0 aliphatic carbocycles. The third kappa shape index (κ3) is 4.55.